The van der Waals surface area contributed by atoms with Crippen molar-refractivity contribution in [3.8, 4) is 11.8 Å². The van der Waals surface area contributed by atoms with E-state index in [1.165, 1.54) is 5.39 Å². The molecule has 0 radical (unpaired) electrons. The lowest BCUT2D eigenvalue weighted by Gasteiger charge is -1.90. The average Bonchev–Trinajstić information content (AvgIpc) is 2.51. The van der Waals surface area contributed by atoms with Crippen molar-refractivity contribution in [2.45, 2.75) is 6.92 Å². The number of aromatic amines is 1. The molecule has 0 aliphatic heterocycles. The maximum atomic E-state index is 3.15. The van der Waals surface area contributed by atoms with Gasteiger partial charge in [0.05, 0.1) is 0 Å². The van der Waals surface area contributed by atoms with E-state index in [0.717, 1.165) is 11.1 Å². The first-order valence-corrected chi connectivity index (χ1v) is 3.90. The van der Waals surface area contributed by atoms with E-state index in [-0.39, 0.29) is 0 Å². The Balaban J connectivity index is 2.65. The van der Waals surface area contributed by atoms with Crippen molar-refractivity contribution in [2.24, 2.45) is 0 Å². The Kier molecular flexibility index (Phi) is 1.60. The summed E-state index contributed by atoms with van der Waals surface area (Å²) in [6.45, 7) is 1.85. The molecule has 1 aromatic carbocycles. The number of fused-ring (bicyclic) bond motifs is 1. The first kappa shape index (κ1) is 7.00. The summed E-state index contributed by atoms with van der Waals surface area (Å²) in [5, 5.41) is 1.23. The highest BCUT2D eigenvalue weighted by atomic mass is 14.7. The normalized spacial score (nSPS) is 9.42. The fourth-order valence-electron chi connectivity index (χ4n) is 1.27. The molecule has 0 saturated heterocycles. The Morgan fingerprint density at radius 3 is 3.00 bits per heavy atom. The minimum atomic E-state index is 1.06. The molecule has 1 aromatic heterocycles. The van der Waals surface area contributed by atoms with Gasteiger partial charge < -0.3 is 4.98 Å². The second-order valence-electron chi connectivity index (χ2n) is 2.65. The number of nitrogens with one attached hydrogen (secondary N) is 1. The third-order valence-corrected chi connectivity index (χ3v) is 1.82. The van der Waals surface area contributed by atoms with E-state index in [4.69, 9.17) is 0 Å². The fourth-order valence-corrected chi connectivity index (χ4v) is 1.27. The molecule has 12 heavy (non-hydrogen) atoms. The van der Waals surface area contributed by atoms with Gasteiger partial charge in [-0.15, -0.1) is 5.92 Å². The van der Waals surface area contributed by atoms with E-state index >= 15 is 0 Å². The standard InChI is InChI=1S/C11H9N/c1-2-3-9-4-5-10-6-7-12-11(10)8-9/h4-8,12H,1H3. The van der Waals surface area contributed by atoms with Gasteiger partial charge >= 0.3 is 0 Å². The van der Waals surface area contributed by atoms with E-state index in [1.807, 2.05) is 19.2 Å². The third-order valence-electron chi connectivity index (χ3n) is 1.82. The number of rotatable bonds is 0. The van der Waals surface area contributed by atoms with Crippen molar-refractivity contribution < 1.29 is 0 Å². The Labute approximate surface area is 71.4 Å². The minimum Gasteiger partial charge on any atom is -0.361 e. The first-order chi connectivity index (χ1) is 5.90. The van der Waals surface area contributed by atoms with Gasteiger partial charge in [-0.05, 0) is 30.5 Å². The van der Waals surface area contributed by atoms with Gasteiger partial charge in [0.15, 0.2) is 0 Å². The maximum Gasteiger partial charge on any atom is 0.0466 e. The SMILES string of the molecule is CC#Cc1ccc2cc[nH]c2c1. The number of hydrogen-bond donors (Lipinski definition) is 1. The molecule has 0 fully saturated rings. The van der Waals surface area contributed by atoms with E-state index in [9.17, 15) is 0 Å². The predicted octanol–water partition coefficient (Wildman–Crippen LogP) is 2.54. The summed E-state index contributed by atoms with van der Waals surface area (Å²) in [6.07, 6.45) is 1.94. The van der Waals surface area contributed by atoms with Crippen LogP contribution in [0.4, 0.5) is 0 Å². The van der Waals surface area contributed by atoms with E-state index in [2.05, 4.69) is 35.0 Å². The van der Waals surface area contributed by atoms with Gasteiger partial charge in [0.2, 0.25) is 0 Å². The minimum absolute atomic E-state index is 1.06. The Hall–Kier alpha value is -1.68. The predicted molar refractivity (Wildman–Crippen MR) is 50.9 cm³/mol. The molecule has 0 saturated carbocycles. The molecule has 0 spiro atoms. The monoisotopic (exact) mass is 155 g/mol. The number of hydrogen-bond acceptors (Lipinski definition) is 0. The van der Waals surface area contributed by atoms with Crippen LogP contribution in [0.1, 0.15) is 12.5 Å². The molecule has 58 valence electrons. The lowest BCUT2D eigenvalue weighted by molar-refractivity contribution is 1.47. The zero-order valence-corrected chi connectivity index (χ0v) is 6.89. The van der Waals surface area contributed by atoms with Gasteiger partial charge in [0, 0.05) is 17.3 Å². The quantitative estimate of drug-likeness (QED) is 0.563. The summed E-state index contributed by atoms with van der Waals surface area (Å²) in [5.41, 5.74) is 2.21. The number of H-pyrrole nitrogens is 1. The number of benzene rings is 1. The van der Waals surface area contributed by atoms with Gasteiger partial charge in [-0.1, -0.05) is 12.0 Å². The van der Waals surface area contributed by atoms with Crippen LogP contribution in [0.2, 0.25) is 0 Å². The van der Waals surface area contributed by atoms with Gasteiger partial charge in [0.25, 0.3) is 0 Å². The highest BCUT2D eigenvalue weighted by Gasteiger charge is 1.93. The molecule has 1 nitrogen and oxygen atoms in total. The fraction of sp³-hybridized carbons (Fsp3) is 0.0909. The summed E-state index contributed by atoms with van der Waals surface area (Å²) < 4.78 is 0. The van der Waals surface area contributed by atoms with Crippen LogP contribution >= 0.6 is 0 Å². The zero-order valence-electron chi connectivity index (χ0n) is 6.89. The second kappa shape index (κ2) is 2.75. The molecular weight excluding hydrogens is 146 g/mol. The topological polar surface area (TPSA) is 15.8 Å². The molecule has 0 unspecified atom stereocenters. The Morgan fingerprint density at radius 2 is 2.17 bits per heavy atom. The molecule has 0 aliphatic carbocycles. The third kappa shape index (κ3) is 1.08. The highest BCUT2D eigenvalue weighted by Crippen LogP contribution is 2.13. The summed E-state index contributed by atoms with van der Waals surface area (Å²) in [5.74, 6) is 5.90. The molecule has 0 amide bonds. The van der Waals surface area contributed by atoms with Gasteiger partial charge in [-0.25, -0.2) is 0 Å². The molecule has 0 aliphatic rings. The Morgan fingerprint density at radius 1 is 1.25 bits per heavy atom. The molecule has 2 rings (SSSR count). The zero-order chi connectivity index (χ0) is 8.39. The second-order valence-corrected chi connectivity index (χ2v) is 2.65. The van der Waals surface area contributed by atoms with Crippen molar-refractivity contribution >= 4 is 10.9 Å². The Bertz CT molecular complexity index is 454. The molecule has 0 atom stereocenters. The summed E-state index contributed by atoms with van der Waals surface area (Å²) in [6, 6.07) is 8.22. The van der Waals surface area contributed by atoms with Crippen LogP contribution in [0, 0.1) is 11.8 Å². The van der Waals surface area contributed by atoms with Crippen molar-refractivity contribution in [2.75, 3.05) is 0 Å². The average molecular weight is 155 g/mol. The van der Waals surface area contributed by atoms with Gasteiger partial charge in [-0.3, -0.25) is 0 Å². The van der Waals surface area contributed by atoms with E-state index in [0.29, 0.717) is 0 Å². The summed E-state index contributed by atoms with van der Waals surface area (Å²) in [4.78, 5) is 3.15. The van der Waals surface area contributed by atoms with Crippen LogP contribution < -0.4 is 0 Å². The first-order valence-electron chi connectivity index (χ1n) is 3.90. The van der Waals surface area contributed by atoms with Crippen LogP contribution in [-0.2, 0) is 0 Å². The maximum absolute atomic E-state index is 3.15. The lowest BCUT2D eigenvalue weighted by Crippen LogP contribution is -1.73. The van der Waals surface area contributed by atoms with Gasteiger partial charge in [0.1, 0.15) is 0 Å². The van der Waals surface area contributed by atoms with Crippen LogP contribution in [0.3, 0.4) is 0 Å². The van der Waals surface area contributed by atoms with E-state index < -0.39 is 0 Å². The van der Waals surface area contributed by atoms with Crippen molar-refractivity contribution in [1.29, 1.82) is 0 Å². The van der Waals surface area contributed by atoms with Crippen LogP contribution in [0.25, 0.3) is 10.9 Å². The van der Waals surface area contributed by atoms with Gasteiger partial charge in [-0.2, -0.15) is 0 Å². The summed E-state index contributed by atoms with van der Waals surface area (Å²) in [7, 11) is 0. The van der Waals surface area contributed by atoms with Crippen LogP contribution in [0.15, 0.2) is 30.5 Å². The van der Waals surface area contributed by atoms with Crippen molar-refractivity contribution in [3.05, 3.63) is 36.0 Å². The van der Waals surface area contributed by atoms with Crippen LogP contribution in [0.5, 0.6) is 0 Å². The lowest BCUT2D eigenvalue weighted by atomic mass is 10.2. The van der Waals surface area contributed by atoms with Crippen molar-refractivity contribution in [3.63, 3.8) is 0 Å². The summed E-state index contributed by atoms with van der Waals surface area (Å²) >= 11 is 0. The van der Waals surface area contributed by atoms with Crippen LogP contribution in [-0.4, -0.2) is 4.98 Å². The molecule has 0 bridgehead atoms. The van der Waals surface area contributed by atoms with E-state index in [1.54, 1.807) is 0 Å². The molecule has 1 heteroatoms. The largest absolute Gasteiger partial charge is 0.361 e. The van der Waals surface area contributed by atoms with Crippen molar-refractivity contribution in [1.82, 2.24) is 4.98 Å². The highest BCUT2D eigenvalue weighted by molar-refractivity contribution is 5.80. The number of aromatic nitrogens is 1. The smallest absolute Gasteiger partial charge is 0.0466 e. The molecule has 1 N–H and O–H groups in total. The molecule has 2 aromatic rings. The molecule has 1 heterocycles. The molecular formula is C11H9N.